The van der Waals surface area contributed by atoms with E-state index in [1.165, 1.54) is 18.2 Å². The molecule has 3 rings (SSSR count). The third-order valence-electron chi connectivity index (χ3n) is 5.43. The van der Waals surface area contributed by atoms with Gasteiger partial charge < -0.3 is 16.0 Å². The van der Waals surface area contributed by atoms with Gasteiger partial charge >= 0.3 is 0 Å². The van der Waals surface area contributed by atoms with E-state index in [0.29, 0.717) is 18.0 Å². The summed E-state index contributed by atoms with van der Waals surface area (Å²) >= 11 is 0. The van der Waals surface area contributed by atoms with Crippen LogP contribution in [-0.2, 0) is 9.59 Å². The molecule has 1 saturated carbocycles. The SMILES string of the molecule is O=C(CCC1CCNC1)Nc1ccc(F)c(NC(=O)C2CCCCC2)c1. The van der Waals surface area contributed by atoms with E-state index in [2.05, 4.69) is 16.0 Å². The van der Waals surface area contributed by atoms with Gasteiger partial charge in [-0.1, -0.05) is 19.3 Å². The molecule has 0 spiro atoms. The molecule has 2 fully saturated rings. The Labute approximate surface area is 154 Å². The Balaban J connectivity index is 1.54. The minimum absolute atomic E-state index is 0.0404. The summed E-state index contributed by atoms with van der Waals surface area (Å²) in [4.78, 5) is 24.5. The molecule has 5 nitrogen and oxygen atoms in total. The Kier molecular flexibility index (Phi) is 6.61. The van der Waals surface area contributed by atoms with Gasteiger partial charge in [0, 0.05) is 18.0 Å². The van der Waals surface area contributed by atoms with Gasteiger partial charge in [-0.05, 0) is 62.9 Å². The average molecular weight is 361 g/mol. The summed E-state index contributed by atoms with van der Waals surface area (Å²) in [5, 5.41) is 8.80. The third kappa shape index (κ3) is 5.27. The molecule has 0 aromatic heterocycles. The van der Waals surface area contributed by atoms with Crippen LogP contribution >= 0.6 is 0 Å². The molecule has 1 heterocycles. The second-order valence-corrected chi connectivity index (χ2v) is 7.46. The summed E-state index contributed by atoms with van der Waals surface area (Å²) in [5.41, 5.74) is 0.651. The molecule has 0 radical (unpaired) electrons. The van der Waals surface area contributed by atoms with Crippen LogP contribution in [0.1, 0.15) is 51.4 Å². The number of carbonyl (C=O) groups is 2. The van der Waals surface area contributed by atoms with Crippen molar-refractivity contribution in [3.63, 3.8) is 0 Å². The molecule has 1 unspecified atom stereocenters. The highest BCUT2D eigenvalue weighted by molar-refractivity contribution is 5.95. The fourth-order valence-electron chi connectivity index (χ4n) is 3.82. The lowest BCUT2D eigenvalue weighted by molar-refractivity contribution is -0.120. The van der Waals surface area contributed by atoms with Gasteiger partial charge in [0.05, 0.1) is 5.69 Å². The Morgan fingerprint density at radius 2 is 1.92 bits per heavy atom. The molecule has 26 heavy (non-hydrogen) atoms. The third-order valence-corrected chi connectivity index (χ3v) is 5.43. The molecule has 6 heteroatoms. The van der Waals surface area contributed by atoms with Crippen LogP contribution in [0.4, 0.5) is 15.8 Å². The summed E-state index contributed by atoms with van der Waals surface area (Å²) < 4.78 is 14.1. The minimum Gasteiger partial charge on any atom is -0.326 e. The van der Waals surface area contributed by atoms with Crippen LogP contribution in [0, 0.1) is 17.7 Å². The van der Waals surface area contributed by atoms with Crippen molar-refractivity contribution in [2.75, 3.05) is 23.7 Å². The number of benzene rings is 1. The van der Waals surface area contributed by atoms with Gasteiger partial charge in [0.2, 0.25) is 11.8 Å². The lowest BCUT2D eigenvalue weighted by Crippen LogP contribution is -2.25. The lowest BCUT2D eigenvalue weighted by Gasteiger charge is -2.21. The Morgan fingerprint density at radius 3 is 2.65 bits per heavy atom. The number of nitrogens with one attached hydrogen (secondary N) is 3. The topological polar surface area (TPSA) is 70.2 Å². The molecule has 1 aliphatic heterocycles. The van der Waals surface area contributed by atoms with Crippen molar-refractivity contribution in [2.24, 2.45) is 11.8 Å². The number of halogens is 1. The van der Waals surface area contributed by atoms with Crippen molar-refractivity contribution < 1.29 is 14.0 Å². The molecule has 1 atom stereocenters. The van der Waals surface area contributed by atoms with Crippen LogP contribution in [0.15, 0.2) is 18.2 Å². The van der Waals surface area contributed by atoms with Gasteiger partial charge in [0.1, 0.15) is 5.82 Å². The van der Waals surface area contributed by atoms with Crippen LogP contribution in [0.3, 0.4) is 0 Å². The molecule has 1 aromatic rings. The molecular formula is C20H28FN3O2. The van der Waals surface area contributed by atoms with Gasteiger partial charge in [-0.2, -0.15) is 0 Å². The standard InChI is InChI=1S/C20H28FN3O2/c21-17-8-7-16(23-19(25)9-6-14-10-11-22-13-14)12-18(17)24-20(26)15-4-2-1-3-5-15/h7-8,12,14-15,22H,1-6,9-11,13H2,(H,23,25)(H,24,26). The predicted octanol–water partition coefficient (Wildman–Crippen LogP) is 3.67. The fraction of sp³-hybridized carbons (Fsp3) is 0.600. The van der Waals surface area contributed by atoms with Crippen molar-refractivity contribution in [3.05, 3.63) is 24.0 Å². The van der Waals surface area contributed by atoms with Gasteiger partial charge in [0.25, 0.3) is 0 Å². The maximum atomic E-state index is 14.1. The smallest absolute Gasteiger partial charge is 0.227 e. The number of anilines is 2. The highest BCUT2D eigenvalue weighted by Gasteiger charge is 2.22. The minimum atomic E-state index is -0.482. The van der Waals surface area contributed by atoms with Gasteiger partial charge in [0.15, 0.2) is 0 Å². The van der Waals surface area contributed by atoms with Crippen LogP contribution in [0.2, 0.25) is 0 Å². The summed E-state index contributed by atoms with van der Waals surface area (Å²) in [6.45, 7) is 2.00. The lowest BCUT2D eigenvalue weighted by atomic mass is 9.88. The van der Waals surface area contributed by atoms with Gasteiger partial charge in [-0.15, -0.1) is 0 Å². The monoisotopic (exact) mass is 361 g/mol. The summed E-state index contributed by atoms with van der Waals surface area (Å²) in [6, 6.07) is 4.32. The highest BCUT2D eigenvalue weighted by atomic mass is 19.1. The van der Waals surface area contributed by atoms with E-state index in [0.717, 1.165) is 58.0 Å². The van der Waals surface area contributed by atoms with E-state index in [9.17, 15) is 14.0 Å². The summed E-state index contributed by atoms with van der Waals surface area (Å²) in [7, 11) is 0. The maximum absolute atomic E-state index is 14.1. The van der Waals surface area contributed by atoms with Crippen LogP contribution in [0.25, 0.3) is 0 Å². The fourth-order valence-corrected chi connectivity index (χ4v) is 3.82. The quantitative estimate of drug-likeness (QED) is 0.724. The molecule has 3 N–H and O–H groups in total. The van der Waals surface area contributed by atoms with Crippen molar-refractivity contribution in [1.82, 2.24) is 5.32 Å². The van der Waals surface area contributed by atoms with E-state index in [-0.39, 0.29) is 23.4 Å². The predicted molar refractivity (Wildman–Crippen MR) is 100 cm³/mol. The first-order chi connectivity index (χ1) is 12.6. The van der Waals surface area contributed by atoms with Crippen molar-refractivity contribution >= 4 is 23.2 Å². The zero-order chi connectivity index (χ0) is 18.4. The molecule has 1 aromatic carbocycles. The first kappa shape index (κ1) is 18.8. The van der Waals surface area contributed by atoms with Crippen molar-refractivity contribution in [3.8, 4) is 0 Å². The molecule has 0 bridgehead atoms. The second-order valence-electron chi connectivity index (χ2n) is 7.46. The summed E-state index contributed by atoms with van der Waals surface area (Å²) in [5.74, 6) is -0.168. The van der Waals surface area contributed by atoms with Crippen LogP contribution < -0.4 is 16.0 Å². The number of hydrogen-bond acceptors (Lipinski definition) is 3. The largest absolute Gasteiger partial charge is 0.326 e. The summed E-state index contributed by atoms with van der Waals surface area (Å²) in [6.07, 6.45) is 7.40. The van der Waals surface area contributed by atoms with Crippen LogP contribution in [-0.4, -0.2) is 24.9 Å². The Hall–Kier alpha value is -1.95. The first-order valence-corrected chi connectivity index (χ1v) is 9.73. The van der Waals surface area contributed by atoms with E-state index >= 15 is 0 Å². The normalized spacial score (nSPS) is 20.7. The Bertz CT molecular complexity index is 638. The van der Waals surface area contributed by atoms with Gasteiger partial charge in [-0.25, -0.2) is 4.39 Å². The molecule has 1 saturated heterocycles. The zero-order valence-electron chi connectivity index (χ0n) is 15.2. The molecule has 1 aliphatic carbocycles. The molecular weight excluding hydrogens is 333 g/mol. The molecule has 2 amide bonds. The zero-order valence-corrected chi connectivity index (χ0v) is 15.2. The average Bonchev–Trinajstić information content (AvgIpc) is 3.17. The number of amides is 2. The number of carbonyl (C=O) groups excluding carboxylic acids is 2. The molecule has 2 aliphatic rings. The number of rotatable bonds is 6. The van der Waals surface area contributed by atoms with E-state index in [4.69, 9.17) is 0 Å². The van der Waals surface area contributed by atoms with Crippen molar-refractivity contribution in [2.45, 2.75) is 51.4 Å². The molecule has 142 valence electrons. The van der Waals surface area contributed by atoms with E-state index in [1.54, 1.807) is 0 Å². The number of hydrogen-bond donors (Lipinski definition) is 3. The Morgan fingerprint density at radius 1 is 1.12 bits per heavy atom. The highest BCUT2D eigenvalue weighted by Crippen LogP contribution is 2.26. The first-order valence-electron chi connectivity index (χ1n) is 9.73. The van der Waals surface area contributed by atoms with Crippen LogP contribution in [0.5, 0.6) is 0 Å². The maximum Gasteiger partial charge on any atom is 0.227 e. The second kappa shape index (κ2) is 9.12. The van der Waals surface area contributed by atoms with E-state index < -0.39 is 5.82 Å². The van der Waals surface area contributed by atoms with Crippen molar-refractivity contribution in [1.29, 1.82) is 0 Å². The van der Waals surface area contributed by atoms with Gasteiger partial charge in [-0.3, -0.25) is 9.59 Å². The van der Waals surface area contributed by atoms with E-state index in [1.807, 2.05) is 0 Å².